The highest BCUT2D eigenvalue weighted by Crippen LogP contribution is 2.20. The highest BCUT2D eigenvalue weighted by molar-refractivity contribution is 5.94. The Morgan fingerprint density at radius 3 is 3.00 bits per heavy atom. The minimum absolute atomic E-state index is 0.0583. The number of nitrogens with two attached hydrogens (primary N) is 1. The van der Waals surface area contributed by atoms with Crippen LogP contribution in [0.2, 0.25) is 0 Å². The molecule has 0 aliphatic carbocycles. The fraction of sp³-hybridized carbons (Fsp3) is 0.533. The average Bonchev–Trinajstić information content (AvgIpc) is 2.84. The Morgan fingerprint density at radius 1 is 1.58 bits per heavy atom. The molecule has 1 fully saturated rings. The van der Waals surface area contributed by atoms with Crippen molar-refractivity contribution < 1.29 is 4.79 Å². The molecule has 0 radical (unpaired) electrons. The number of amides is 1. The Morgan fingerprint density at radius 2 is 2.37 bits per heavy atom. The van der Waals surface area contributed by atoms with Gasteiger partial charge in [0.15, 0.2) is 0 Å². The summed E-state index contributed by atoms with van der Waals surface area (Å²) >= 11 is 0. The van der Waals surface area contributed by atoms with Crippen LogP contribution in [0.25, 0.3) is 0 Å². The first-order valence-electron chi connectivity index (χ1n) is 6.97. The van der Waals surface area contributed by atoms with Crippen LogP contribution < -0.4 is 11.1 Å². The van der Waals surface area contributed by atoms with Crippen LogP contribution >= 0.6 is 0 Å². The van der Waals surface area contributed by atoms with E-state index in [4.69, 9.17) is 5.73 Å². The molecule has 3 N–H and O–H groups in total. The van der Waals surface area contributed by atoms with Crippen LogP contribution in [-0.4, -0.2) is 29.4 Å². The molecule has 1 aliphatic rings. The second-order valence-electron chi connectivity index (χ2n) is 5.30. The van der Waals surface area contributed by atoms with E-state index in [1.54, 1.807) is 0 Å². The normalized spacial score (nSPS) is 21.3. The fourth-order valence-electron chi connectivity index (χ4n) is 2.70. The molecule has 1 aliphatic heterocycles. The Bertz CT molecular complexity index is 447. The minimum Gasteiger partial charge on any atom is -0.326 e. The zero-order chi connectivity index (χ0) is 13.8. The first-order valence-corrected chi connectivity index (χ1v) is 6.97. The van der Waals surface area contributed by atoms with E-state index in [2.05, 4.69) is 17.1 Å². The smallest absolute Gasteiger partial charge is 0.241 e. The number of nitrogens with zero attached hydrogens (tertiary/aromatic N) is 1. The van der Waals surface area contributed by atoms with Gasteiger partial charge in [-0.05, 0) is 50.9 Å². The summed E-state index contributed by atoms with van der Waals surface area (Å²) in [5.74, 6) is 0.0583. The molecule has 1 aromatic rings. The van der Waals surface area contributed by atoms with E-state index < -0.39 is 0 Å². The lowest BCUT2D eigenvalue weighted by Crippen LogP contribution is -2.43. The van der Waals surface area contributed by atoms with Gasteiger partial charge >= 0.3 is 0 Å². The van der Waals surface area contributed by atoms with E-state index in [0.29, 0.717) is 12.6 Å². The van der Waals surface area contributed by atoms with Crippen LogP contribution in [0.5, 0.6) is 0 Å². The lowest BCUT2D eigenvalue weighted by atomic mass is 10.2. The Balaban J connectivity index is 1.99. The van der Waals surface area contributed by atoms with E-state index in [1.165, 1.54) is 12.8 Å². The quantitative estimate of drug-likeness (QED) is 0.871. The summed E-state index contributed by atoms with van der Waals surface area (Å²) in [6.07, 6.45) is 2.36. The second kappa shape index (κ2) is 6.17. The van der Waals surface area contributed by atoms with Gasteiger partial charge in [-0.1, -0.05) is 12.1 Å². The highest BCUT2D eigenvalue weighted by Gasteiger charge is 2.29. The molecule has 19 heavy (non-hydrogen) atoms. The molecular formula is C15H23N3O. The predicted molar refractivity (Wildman–Crippen MR) is 77.8 cm³/mol. The third kappa shape index (κ3) is 3.33. The molecule has 0 saturated carbocycles. The van der Waals surface area contributed by atoms with Gasteiger partial charge in [-0.15, -0.1) is 0 Å². The molecule has 1 aromatic carbocycles. The van der Waals surface area contributed by atoms with Crippen molar-refractivity contribution in [2.75, 3.05) is 11.9 Å². The van der Waals surface area contributed by atoms with E-state index in [1.807, 2.05) is 31.2 Å². The number of carbonyl (C=O) groups excluding carboxylic acids is 1. The van der Waals surface area contributed by atoms with E-state index in [0.717, 1.165) is 17.8 Å². The monoisotopic (exact) mass is 261 g/mol. The molecule has 0 spiro atoms. The molecule has 2 unspecified atom stereocenters. The molecule has 2 rings (SSSR count). The molecule has 0 aromatic heterocycles. The van der Waals surface area contributed by atoms with Crippen LogP contribution in [0.15, 0.2) is 24.3 Å². The number of rotatable bonds is 4. The van der Waals surface area contributed by atoms with E-state index >= 15 is 0 Å². The number of hydrogen-bond donors (Lipinski definition) is 2. The van der Waals surface area contributed by atoms with Crippen molar-refractivity contribution in [2.45, 2.75) is 45.3 Å². The summed E-state index contributed by atoms with van der Waals surface area (Å²) < 4.78 is 0. The van der Waals surface area contributed by atoms with Crippen molar-refractivity contribution in [3.05, 3.63) is 29.8 Å². The van der Waals surface area contributed by atoms with Gasteiger partial charge in [0.2, 0.25) is 5.91 Å². The summed E-state index contributed by atoms with van der Waals surface area (Å²) in [5.41, 5.74) is 7.46. The highest BCUT2D eigenvalue weighted by atomic mass is 16.2. The van der Waals surface area contributed by atoms with Crippen LogP contribution in [0.1, 0.15) is 32.3 Å². The number of hydrogen-bond acceptors (Lipinski definition) is 3. The maximum Gasteiger partial charge on any atom is 0.241 e. The topological polar surface area (TPSA) is 58.4 Å². The zero-order valence-electron chi connectivity index (χ0n) is 11.7. The maximum absolute atomic E-state index is 12.3. The summed E-state index contributed by atoms with van der Waals surface area (Å²) in [7, 11) is 0. The lowest BCUT2D eigenvalue weighted by Gasteiger charge is -2.27. The molecular weight excluding hydrogens is 238 g/mol. The molecule has 1 heterocycles. The predicted octanol–water partition coefficient (Wildman–Crippen LogP) is 1.96. The van der Waals surface area contributed by atoms with Crippen molar-refractivity contribution >= 4 is 11.6 Å². The minimum atomic E-state index is -0.0842. The van der Waals surface area contributed by atoms with Gasteiger partial charge < -0.3 is 11.1 Å². The van der Waals surface area contributed by atoms with Crippen molar-refractivity contribution in [2.24, 2.45) is 5.73 Å². The molecule has 0 bridgehead atoms. The van der Waals surface area contributed by atoms with Gasteiger partial charge in [-0.2, -0.15) is 0 Å². The second-order valence-corrected chi connectivity index (χ2v) is 5.30. The summed E-state index contributed by atoms with van der Waals surface area (Å²) in [4.78, 5) is 14.5. The van der Waals surface area contributed by atoms with Gasteiger partial charge in [0.25, 0.3) is 0 Å². The van der Waals surface area contributed by atoms with Gasteiger partial charge in [-0.3, -0.25) is 9.69 Å². The van der Waals surface area contributed by atoms with Crippen LogP contribution in [0.4, 0.5) is 5.69 Å². The Hall–Kier alpha value is -1.39. The average molecular weight is 261 g/mol. The van der Waals surface area contributed by atoms with Crippen molar-refractivity contribution in [3.63, 3.8) is 0 Å². The molecule has 104 valence electrons. The number of carbonyl (C=O) groups is 1. The lowest BCUT2D eigenvalue weighted by molar-refractivity contribution is -0.121. The number of likely N-dealkylation sites (tertiary alicyclic amines) is 1. The van der Waals surface area contributed by atoms with Crippen molar-refractivity contribution in [3.8, 4) is 0 Å². The maximum atomic E-state index is 12.3. The standard InChI is InChI=1S/C15H23N3O/c1-11-5-4-8-18(11)12(2)15(19)17-14-7-3-6-13(9-14)10-16/h3,6-7,9,11-12H,4-5,8,10,16H2,1-2H3,(H,17,19). The third-order valence-corrected chi connectivity index (χ3v) is 3.91. The first kappa shape index (κ1) is 14.0. The summed E-state index contributed by atoms with van der Waals surface area (Å²) in [6.45, 7) is 5.66. The zero-order valence-corrected chi connectivity index (χ0v) is 11.7. The van der Waals surface area contributed by atoms with Crippen LogP contribution in [-0.2, 0) is 11.3 Å². The van der Waals surface area contributed by atoms with Crippen molar-refractivity contribution in [1.82, 2.24) is 4.90 Å². The van der Waals surface area contributed by atoms with Gasteiger partial charge in [0.05, 0.1) is 6.04 Å². The third-order valence-electron chi connectivity index (χ3n) is 3.91. The van der Waals surface area contributed by atoms with Gasteiger partial charge in [0, 0.05) is 18.3 Å². The van der Waals surface area contributed by atoms with Gasteiger partial charge in [0.1, 0.15) is 0 Å². The summed E-state index contributed by atoms with van der Waals surface area (Å²) in [6, 6.07) is 8.12. The van der Waals surface area contributed by atoms with Crippen molar-refractivity contribution in [1.29, 1.82) is 0 Å². The van der Waals surface area contributed by atoms with E-state index in [-0.39, 0.29) is 11.9 Å². The molecule has 1 saturated heterocycles. The number of anilines is 1. The molecule has 4 nitrogen and oxygen atoms in total. The fourth-order valence-corrected chi connectivity index (χ4v) is 2.70. The summed E-state index contributed by atoms with van der Waals surface area (Å²) in [5, 5.41) is 2.98. The SMILES string of the molecule is CC1CCCN1C(C)C(=O)Nc1cccc(CN)c1. The molecule has 1 amide bonds. The Kier molecular flexibility index (Phi) is 4.56. The van der Waals surface area contributed by atoms with Crippen LogP contribution in [0, 0.1) is 0 Å². The van der Waals surface area contributed by atoms with Crippen LogP contribution in [0.3, 0.4) is 0 Å². The Labute approximate surface area is 115 Å². The van der Waals surface area contributed by atoms with Gasteiger partial charge in [-0.25, -0.2) is 0 Å². The van der Waals surface area contributed by atoms with E-state index in [9.17, 15) is 4.79 Å². The number of nitrogens with one attached hydrogen (secondary N) is 1. The number of benzene rings is 1. The first-order chi connectivity index (χ1) is 9.11. The molecule has 4 heteroatoms. The molecule has 2 atom stereocenters. The largest absolute Gasteiger partial charge is 0.326 e.